The molecule has 2 unspecified atom stereocenters. The number of halogens is 1. The fourth-order valence-electron chi connectivity index (χ4n) is 0.952. The van der Waals surface area contributed by atoms with E-state index in [-0.39, 0.29) is 12.2 Å². The van der Waals surface area contributed by atoms with Crippen LogP contribution in [0.4, 0.5) is 4.39 Å². The van der Waals surface area contributed by atoms with Gasteiger partial charge in [-0.25, -0.2) is 4.39 Å². The maximum atomic E-state index is 12.9. The van der Waals surface area contributed by atoms with Crippen LogP contribution in [0.3, 0.4) is 0 Å². The molecule has 0 amide bonds. The highest BCUT2D eigenvalue weighted by Crippen LogP contribution is 2.08. The molecule has 0 bridgehead atoms. The molecule has 0 rings (SSSR count). The second-order valence-electron chi connectivity index (χ2n) is 3.11. The van der Waals surface area contributed by atoms with Crippen LogP contribution in [0, 0.1) is 0 Å². The number of rotatable bonds is 6. The Morgan fingerprint density at radius 2 is 2.08 bits per heavy atom. The van der Waals surface area contributed by atoms with Gasteiger partial charge in [0.1, 0.15) is 0 Å². The molecular formula is C9H17FO2. The molecule has 0 aliphatic carbocycles. The molecule has 0 aromatic heterocycles. The third kappa shape index (κ3) is 5.24. The zero-order chi connectivity index (χ0) is 9.56. The average Bonchev–Trinajstić information content (AvgIpc) is 2.00. The molecule has 0 radical (unpaired) electrons. The van der Waals surface area contributed by atoms with Crippen molar-refractivity contribution in [2.75, 3.05) is 0 Å². The summed E-state index contributed by atoms with van der Waals surface area (Å²) >= 11 is 0. The van der Waals surface area contributed by atoms with Gasteiger partial charge in [0, 0.05) is 6.42 Å². The normalized spacial score (nSPS) is 15.7. The highest BCUT2D eigenvalue weighted by Gasteiger charge is 2.16. The fraction of sp³-hybridized carbons (Fsp3) is 0.889. The van der Waals surface area contributed by atoms with Gasteiger partial charge in [0.15, 0.2) is 12.0 Å². The van der Waals surface area contributed by atoms with Crippen LogP contribution in [-0.4, -0.2) is 23.2 Å². The third-order valence-corrected chi connectivity index (χ3v) is 1.68. The van der Waals surface area contributed by atoms with Crippen molar-refractivity contribution >= 4 is 5.78 Å². The first kappa shape index (κ1) is 11.6. The van der Waals surface area contributed by atoms with Gasteiger partial charge in [-0.2, -0.15) is 0 Å². The molecule has 0 saturated carbocycles. The van der Waals surface area contributed by atoms with Crippen molar-refractivity contribution in [3.63, 3.8) is 0 Å². The van der Waals surface area contributed by atoms with Gasteiger partial charge >= 0.3 is 0 Å². The van der Waals surface area contributed by atoms with Crippen LogP contribution in [-0.2, 0) is 4.79 Å². The molecule has 2 nitrogen and oxygen atoms in total. The first-order chi connectivity index (χ1) is 5.57. The van der Waals surface area contributed by atoms with E-state index in [0.717, 1.165) is 0 Å². The first-order valence-electron chi connectivity index (χ1n) is 4.42. The summed E-state index contributed by atoms with van der Waals surface area (Å²) in [5, 5.41) is 8.83. The minimum atomic E-state index is -1.38. The maximum absolute atomic E-state index is 12.9. The van der Waals surface area contributed by atoms with E-state index in [4.69, 9.17) is 5.11 Å². The second-order valence-corrected chi connectivity index (χ2v) is 3.11. The van der Waals surface area contributed by atoms with E-state index in [1.54, 1.807) is 6.92 Å². The Balaban J connectivity index is 3.56. The standard InChI is InChI=1S/C9H17FO2/c1-3-4-9(12)8(10)6-5-7(2)11/h7-8,11H,3-6H2,1-2H3. The quantitative estimate of drug-likeness (QED) is 0.670. The van der Waals surface area contributed by atoms with Crippen molar-refractivity contribution in [1.29, 1.82) is 0 Å². The van der Waals surface area contributed by atoms with Gasteiger partial charge in [0.2, 0.25) is 0 Å². The first-order valence-corrected chi connectivity index (χ1v) is 4.42. The summed E-state index contributed by atoms with van der Waals surface area (Å²) in [5.41, 5.74) is 0. The van der Waals surface area contributed by atoms with Crippen LogP contribution in [0.1, 0.15) is 39.5 Å². The minimum Gasteiger partial charge on any atom is -0.393 e. The monoisotopic (exact) mass is 176 g/mol. The lowest BCUT2D eigenvalue weighted by molar-refractivity contribution is -0.124. The number of alkyl halides is 1. The summed E-state index contributed by atoms with van der Waals surface area (Å²) in [5.74, 6) is -0.335. The molecule has 0 fully saturated rings. The molecule has 3 heteroatoms. The highest BCUT2D eigenvalue weighted by atomic mass is 19.1. The lowest BCUT2D eigenvalue weighted by Crippen LogP contribution is -2.17. The second kappa shape index (κ2) is 6.12. The smallest absolute Gasteiger partial charge is 0.166 e. The van der Waals surface area contributed by atoms with Crippen LogP contribution in [0.5, 0.6) is 0 Å². The summed E-state index contributed by atoms with van der Waals surface area (Å²) < 4.78 is 12.9. The van der Waals surface area contributed by atoms with E-state index in [1.165, 1.54) is 0 Å². The van der Waals surface area contributed by atoms with E-state index in [9.17, 15) is 9.18 Å². The molecule has 0 aromatic rings. The Morgan fingerprint density at radius 1 is 1.50 bits per heavy atom. The number of aliphatic hydroxyl groups excluding tert-OH is 1. The molecule has 72 valence electrons. The molecule has 1 N–H and O–H groups in total. The van der Waals surface area contributed by atoms with Gasteiger partial charge in [-0.1, -0.05) is 6.92 Å². The van der Waals surface area contributed by atoms with E-state index in [2.05, 4.69) is 0 Å². The number of aliphatic hydroxyl groups is 1. The topological polar surface area (TPSA) is 37.3 Å². The molecule has 0 aromatic carbocycles. The Morgan fingerprint density at radius 3 is 2.50 bits per heavy atom. The van der Waals surface area contributed by atoms with Crippen molar-refractivity contribution in [2.45, 2.75) is 51.8 Å². The molecule has 12 heavy (non-hydrogen) atoms. The Bertz CT molecular complexity index is 134. The predicted octanol–water partition coefficient (Wildman–Crippen LogP) is 1.85. The van der Waals surface area contributed by atoms with Crippen molar-refractivity contribution in [3.05, 3.63) is 0 Å². The largest absolute Gasteiger partial charge is 0.393 e. The molecule has 0 aliphatic rings. The zero-order valence-electron chi connectivity index (χ0n) is 7.72. The molecule has 0 spiro atoms. The SMILES string of the molecule is CCCC(=O)C(F)CCC(C)O. The summed E-state index contributed by atoms with van der Waals surface area (Å²) in [4.78, 5) is 10.9. The number of ketones is 1. The van der Waals surface area contributed by atoms with Gasteiger partial charge in [-0.15, -0.1) is 0 Å². The van der Waals surface area contributed by atoms with Crippen molar-refractivity contribution in [1.82, 2.24) is 0 Å². The number of hydrogen-bond acceptors (Lipinski definition) is 2. The van der Waals surface area contributed by atoms with Gasteiger partial charge in [0.25, 0.3) is 0 Å². The van der Waals surface area contributed by atoms with E-state index < -0.39 is 12.3 Å². The summed E-state index contributed by atoms with van der Waals surface area (Å²) in [6.07, 6.45) is -0.389. The average molecular weight is 176 g/mol. The van der Waals surface area contributed by atoms with Crippen molar-refractivity contribution in [3.8, 4) is 0 Å². The Labute approximate surface area is 72.8 Å². The van der Waals surface area contributed by atoms with Crippen LogP contribution < -0.4 is 0 Å². The summed E-state index contributed by atoms with van der Waals surface area (Å²) in [6.45, 7) is 3.44. The maximum Gasteiger partial charge on any atom is 0.166 e. The van der Waals surface area contributed by atoms with E-state index in [1.807, 2.05) is 6.92 Å². The van der Waals surface area contributed by atoms with Crippen molar-refractivity contribution < 1.29 is 14.3 Å². The predicted molar refractivity (Wildman–Crippen MR) is 45.7 cm³/mol. The van der Waals surface area contributed by atoms with Crippen LogP contribution >= 0.6 is 0 Å². The fourth-order valence-corrected chi connectivity index (χ4v) is 0.952. The minimum absolute atomic E-state index is 0.149. The molecule has 0 saturated heterocycles. The lowest BCUT2D eigenvalue weighted by atomic mass is 10.1. The zero-order valence-corrected chi connectivity index (χ0v) is 7.72. The van der Waals surface area contributed by atoms with E-state index in [0.29, 0.717) is 19.3 Å². The molecule has 2 atom stereocenters. The van der Waals surface area contributed by atoms with Crippen LogP contribution in [0.2, 0.25) is 0 Å². The molecule has 0 heterocycles. The van der Waals surface area contributed by atoms with Gasteiger partial charge in [-0.05, 0) is 26.2 Å². The highest BCUT2D eigenvalue weighted by molar-refractivity contribution is 5.82. The van der Waals surface area contributed by atoms with Crippen LogP contribution in [0.25, 0.3) is 0 Å². The third-order valence-electron chi connectivity index (χ3n) is 1.68. The van der Waals surface area contributed by atoms with Crippen molar-refractivity contribution in [2.24, 2.45) is 0 Å². The Hall–Kier alpha value is -0.440. The Kier molecular flexibility index (Phi) is 5.89. The van der Waals surface area contributed by atoms with Gasteiger partial charge in [-0.3, -0.25) is 4.79 Å². The van der Waals surface area contributed by atoms with E-state index >= 15 is 0 Å². The number of hydrogen-bond donors (Lipinski definition) is 1. The molecule has 0 aliphatic heterocycles. The van der Waals surface area contributed by atoms with Crippen LogP contribution in [0.15, 0.2) is 0 Å². The molecular weight excluding hydrogens is 159 g/mol. The van der Waals surface area contributed by atoms with Gasteiger partial charge < -0.3 is 5.11 Å². The number of carbonyl (C=O) groups excluding carboxylic acids is 1. The number of carbonyl (C=O) groups is 1. The summed E-state index contributed by atoms with van der Waals surface area (Å²) in [7, 11) is 0. The summed E-state index contributed by atoms with van der Waals surface area (Å²) in [6, 6.07) is 0. The van der Waals surface area contributed by atoms with Gasteiger partial charge in [0.05, 0.1) is 6.10 Å². The lowest BCUT2D eigenvalue weighted by Gasteiger charge is -2.07. The number of Topliss-reactive ketones (excluding diaryl/α,β-unsaturated/α-hetero) is 1.